The van der Waals surface area contributed by atoms with E-state index in [1.165, 1.54) is 122 Å². The van der Waals surface area contributed by atoms with E-state index in [9.17, 15) is 4.79 Å². The van der Waals surface area contributed by atoms with Crippen molar-refractivity contribution < 1.29 is 9.90 Å². The lowest BCUT2D eigenvalue weighted by atomic mass is 10.1. The molecule has 0 saturated carbocycles. The minimum absolute atomic E-state index is 0.176. The van der Waals surface area contributed by atoms with Crippen LogP contribution in [0.4, 0.5) is 0 Å². The van der Waals surface area contributed by atoms with Crippen LogP contribution in [-0.4, -0.2) is 29.6 Å². The highest BCUT2D eigenvalue weighted by molar-refractivity contribution is 7.57. The van der Waals surface area contributed by atoms with E-state index in [4.69, 9.17) is 5.11 Å². The van der Waals surface area contributed by atoms with Gasteiger partial charge in [0.2, 0.25) is 0 Å². The molecule has 0 heterocycles. The topological polar surface area (TPSA) is 37.3 Å². The molecule has 0 atom stereocenters. The molecule has 0 aliphatic heterocycles. The van der Waals surface area contributed by atoms with E-state index >= 15 is 0 Å². The molecule has 186 valence electrons. The average Bonchev–Trinajstić information content (AvgIpc) is 2.75. The van der Waals surface area contributed by atoms with Crippen LogP contribution in [0.3, 0.4) is 0 Å². The van der Waals surface area contributed by atoms with Crippen LogP contribution in [0.5, 0.6) is 0 Å². The summed E-state index contributed by atoms with van der Waals surface area (Å²) in [5, 5.41) is 7.89. The molecular weight excluding hydrogens is 399 g/mol. The summed E-state index contributed by atoms with van der Waals surface area (Å²) in [5.41, 5.74) is 0.176. The lowest BCUT2D eigenvalue weighted by molar-refractivity contribution is -0.132. The van der Waals surface area contributed by atoms with E-state index in [1.807, 2.05) is 0 Å². The predicted molar refractivity (Wildman–Crippen MR) is 144 cm³/mol. The van der Waals surface area contributed by atoms with E-state index in [-0.39, 0.29) is 5.57 Å². The van der Waals surface area contributed by atoms with Gasteiger partial charge >= 0.3 is 5.97 Å². The second-order valence-electron chi connectivity index (χ2n) is 9.23. The van der Waals surface area contributed by atoms with Crippen LogP contribution in [0.15, 0.2) is 12.2 Å². The minimum Gasteiger partial charge on any atom is -0.478 e. The zero-order chi connectivity index (χ0) is 23.6. The van der Waals surface area contributed by atoms with Crippen LogP contribution in [0, 0.1) is 0 Å². The Morgan fingerprint density at radius 3 is 1.03 bits per heavy atom. The number of rotatable bonds is 22. The van der Waals surface area contributed by atoms with Gasteiger partial charge in [-0.2, -0.15) is 0 Å². The highest BCUT2D eigenvalue weighted by atomic mass is 31.1. The maximum absolute atomic E-state index is 9.60. The predicted octanol–water partition coefficient (Wildman–Crippen LogP) is 10.2. The van der Waals surface area contributed by atoms with E-state index in [2.05, 4.69) is 27.4 Å². The Morgan fingerprint density at radius 2 is 0.806 bits per heavy atom. The number of carboxylic acid groups (broad SMARTS) is 1. The first-order valence-corrected chi connectivity index (χ1v) is 15.5. The van der Waals surface area contributed by atoms with Crippen LogP contribution in [-0.2, 0) is 4.79 Å². The van der Waals surface area contributed by atoms with Crippen LogP contribution in [0.25, 0.3) is 0 Å². The van der Waals surface area contributed by atoms with Gasteiger partial charge in [0.25, 0.3) is 0 Å². The smallest absolute Gasteiger partial charge is 0.330 e. The number of hydrogen-bond acceptors (Lipinski definition) is 1. The highest BCUT2D eigenvalue weighted by Crippen LogP contribution is 2.39. The molecule has 0 radical (unpaired) electrons. The first kappa shape index (κ1) is 32.8. The van der Waals surface area contributed by atoms with Crippen molar-refractivity contribution in [2.45, 2.75) is 143 Å². The first-order chi connectivity index (χ1) is 15.0. The molecule has 0 amide bonds. The second kappa shape index (κ2) is 27.7. The molecule has 0 bridgehead atoms. The summed E-state index contributed by atoms with van der Waals surface area (Å²) in [6, 6.07) is 0. The van der Waals surface area contributed by atoms with Crippen molar-refractivity contribution in [3.8, 4) is 0 Å². The Balaban J connectivity index is 0. The van der Waals surface area contributed by atoms with Crippen molar-refractivity contribution in [3.05, 3.63) is 12.2 Å². The third kappa shape index (κ3) is 29.6. The quantitative estimate of drug-likeness (QED) is 0.0999. The fourth-order valence-electron chi connectivity index (χ4n) is 3.68. The molecule has 1 N–H and O–H groups in total. The Hall–Kier alpha value is -0.360. The van der Waals surface area contributed by atoms with Gasteiger partial charge in [0.05, 0.1) is 0 Å². The lowest BCUT2D eigenvalue weighted by Crippen LogP contribution is -1.97. The van der Waals surface area contributed by atoms with E-state index in [0.29, 0.717) is 7.92 Å². The second-order valence-corrected chi connectivity index (χ2v) is 11.9. The summed E-state index contributed by atoms with van der Waals surface area (Å²) in [7, 11) is 0.366. The Bertz CT molecular complexity index is 331. The summed E-state index contributed by atoms with van der Waals surface area (Å²) in [6.07, 6.45) is 31.2. The van der Waals surface area contributed by atoms with E-state index in [0.717, 1.165) is 0 Å². The SMILES string of the molecule is C=C(C)C(=O)O.CCCCCCCCP(CCCCCCCC)CCCCCCCC. The van der Waals surface area contributed by atoms with Crippen molar-refractivity contribution in [3.63, 3.8) is 0 Å². The molecule has 0 aromatic rings. The number of carbonyl (C=O) groups is 1. The molecule has 0 saturated heterocycles. The maximum Gasteiger partial charge on any atom is 0.330 e. The van der Waals surface area contributed by atoms with Crippen molar-refractivity contribution in [1.82, 2.24) is 0 Å². The van der Waals surface area contributed by atoms with Gasteiger partial charge in [-0.3, -0.25) is 0 Å². The Morgan fingerprint density at radius 1 is 0.581 bits per heavy atom. The van der Waals surface area contributed by atoms with E-state index in [1.54, 1.807) is 18.5 Å². The number of unbranched alkanes of at least 4 members (excludes halogenated alkanes) is 15. The minimum atomic E-state index is -0.935. The van der Waals surface area contributed by atoms with Gasteiger partial charge in [-0.25, -0.2) is 4.79 Å². The maximum atomic E-state index is 9.60. The molecule has 0 aromatic heterocycles. The van der Waals surface area contributed by atoms with Crippen molar-refractivity contribution >= 4 is 13.9 Å². The fraction of sp³-hybridized carbons (Fsp3) is 0.893. The average molecular weight is 457 g/mol. The molecule has 2 nitrogen and oxygen atoms in total. The summed E-state index contributed by atoms with van der Waals surface area (Å²) in [6.45, 7) is 11.6. The lowest BCUT2D eigenvalue weighted by Gasteiger charge is -2.18. The van der Waals surface area contributed by atoms with Crippen LogP contribution in [0.2, 0.25) is 0 Å². The van der Waals surface area contributed by atoms with Crippen molar-refractivity contribution in [2.75, 3.05) is 18.5 Å². The molecule has 0 fully saturated rings. The van der Waals surface area contributed by atoms with Gasteiger partial charge in [0.1, 0.15) is 0 Å². The summed E-state index contributed by atoms with van der Waals surface area (Å²) < 4.78 is 0. The molecule has 0 aliphatic carbocycles. The monoisotopic (exact) mass is 456 g/mol. The molecule has 0 spiro atoms. The van der Waals surface area contributed by atoms with Crippen LogP contribution >= 0.6 is 7.92 Å². The molecular formula is C28H57O2P. The van der Waals surface area contributed by atoms with Gasteiger partial charge in [0.15, 0.2) is 0 Å². The summed E-state index contributed by atoms with van der Waals surface area (Å²) in [4.78, 5) is 9.60. The standard InChI is InChI=1S/C24H51P.C4H6O2/c1-4-7-10-13-16-19-22-25(23-20-17-14-11-8-5-2)24-21-18-15-12-9-6-3;1-3(2)4(5)6/h4-24H2,1-3H3;1H2,2H3,(H,5,6). The molecule has 31 heavy (non-hydrogen) atoms. The van der Waals surface area contributed by atoms with Crippen LogP contribution < -0.4 is 0 Å². The van der Waals surface area contributed by atoms with Gasteiger partial charge < -0.3 is 5.11 Å². The normalized spacial score (nSPS) is 10.7. The molecule has 0 aromatic carbocycles. The van der Waals surface area contributed by atoms with Gasteiger partial charge in [0, 0.05) is 5.57 Å². The zero-order valence-corrected chi connectivity index (χ0v) is 22.8. The molecule has 0 rings (SSSR count). The third-order valence-corrected chi connectivity index (χ3v) is 8.69. The Kier molecular flexibility index (Phi) is 29.3. The number of aliphatic carboxylic acids is 1. The summed E-state index contributed by atoms with van der Waals surface area (Å²) >= 11 is 0. The largest absolute Gasteiger partial charge is 0.478 e. The van der Waals surface area contributed by atoms with Gasteiger partial charge in [-0.15, -0.1) is 7.92 Å². The molecule has 0 aliphatic rings. The van der Waals surface area contributed by atoms with Gasteiger partial charge in [-0.1, -0.05) is 124 Å². The first-order valence-electron chi connectivity index (χ1n) is 13.6. The summed E-state index contributed by atoms with van der Waals surface area (Å²) in [5.74, 6) is -0.935. The van der Waals surface area contributed by atoms with Gasteiger partial charge in [-0.05, 0) is 44.7 Å². The number of carboxylic acids is 1. The highest BCUT2D eigenvalue weighted by Gasteiger charge is 2.07. The van der Waals surface area contributed by atoms with Crippen LogP contribution in [0.1, 0.15) is 143 Å². The van der Waals surface area contributed by atoms with E-state index < -0.39 is 5.97 Å². The molecule has 3 heteroatoms. The van der Waals surface area contributed by atoms with Crippen molar-refractivity contribution in [2.24, 2.45) is 0 Å². The van der Waals surface area contributed by atoms with Crippen molar-refractivity contribution in [1.29, 1.82) is 0 Å². The fourth-order valence-corrected chi connectivity index (χ4v) is 6.37. The Labute approximate surface area is 197 Å². The molecule has 0 unspecified atom stereocenters. The number of hydrogen-bond donors (Lipinski definition) is 1. The third-order valence-electron chi connectivity index (χ3n) is 5.85. The zero-order valence-electron chi connectivity index (χ0n) is 21.9.